The summed E-state index contributed by atoms with van der Waals surface area (Å²) in [6.07, 6.45) is 1.52. The molecule has 0 saturated carbocycles. The number of carbonyl (C=O) groups is 2. The molecule has 1 aliphatic heterocycles. The van der Waals surface area contributed by atoms with Gasteiger partial charge in [0.15, 0.2) is 5.60 Å². The van der Waals surface area contributed by atoms with E-state index in [0.717, 1.165) is 4.88 Å². The van der Waals surface area contributed by atoms with Gasteiger partial charge in [-0.3, -0.25) is 4.79 Å². The molecule has 1 amide bonds. The van der Waals surface area contributed by atoms with Crippen LogP contribution in [0.2, 0.25) is 0 Å². The molecule has 0 radical (unpaired) electrons. The highest BCUT2D eigenvalue weighted by Gasteiger charge is 2.40. The summed E-state index contributed by atoms with van der Waals surface area (Å²) >= 11 is 1.53. The van der Waals surface area contributed by atoms with Crippen LogP contribution < -0.4 is 0 Å². The summed E-state index contributed by atoms with van der Waals surface area (Å²) in [5.74, 6) is -0.224. The van der Waals surface area contributed by atoms with Crippen molar-refractivity contribution in [2.45, 2.75) is 37.7 Å². The molecule has 3 rings (SSSR count). The number of piperidine rings is 1. The van der Waals surface area contributed by atoms with Crippen LogP contribution in [0.5, 0.6) is 0 Å². The van der Waals surface area contributed by atoms with Gasteiger partial charge in [0, 0.05) is 38.8 Å². The third-order valence-corrected chi connectivity index (χ3v) is 5.20. The minimum absolute atomic E-state index is 0.0505. The number of aryl methyl sites for hydroxylation is 1. The Morgan fingerprint density at radius 1 is 1.36 bits per heavy atom. The zero-order chi connectivity index (χ0) is 17.9. The molecular weight excluding hydrogens is 346 g/mol. The minimum atomic E-state index is -1.71. The van der Waals surface area contributed by atoms with Gasteiger partial charge in [0.2, 0.25) is 17.6 Å². The molecule has 0 aromatic carbocycles. The van der Waals surface area contributed by atoms with Crippen molar-refractivity contribution >= 4 is 23.2 Å². The first kappa shape index (κ1) is 17.6. The number of rotatable bonds is 6. The van der Waals surface area contributed by atoms with Crippen molar-refractivity contribution in [2.24, 2.45) is 0 Å². The van der Waals surface area contributed by atoms with E-state index in [0.29, 0.717) is 31.0 Å². The van der Waals surface area contributed by atoms with Crippen LogP contribution in [0.1, 0.15) is 31.6 Å². The lowest BCUT2D eigenvalue weighted by atomic mass is 9.91. The lowest BCUT2D eigenvalue weighted by Gasteiger charge is -2.35. The molecule has 2 aromatic rings. The summed E-state index contributed by atoms with van der Waals surface area (Å²) in [5, 5.41) is 24.7. The molecule has 2 aromatic heterocycles. The van der Waals surface area contributed by atoms with Crippen molar-refractivity contribution in [3.63, 3.8) is 0 Å². The van der Waals surface area contributed by atoms with Crippen LogP contribution in [-0.4, -0.2) is 55.8 Å². The molecular formula is C16H19N3O5S. The predicted molar refractivity (Wildman–Crippen MR) is 88.9 cm³/mol. The number of aliphatic carboxylic acids is 1. The maximum Gasteiger partial charge on any atom is 0.335 e. The van der Waals surface area contributed by atoms with Crippen molar-refractivity contribution in [1.82, 2.24) is 15.0 Å². The number of hydrogen-bond acceptors (Lipinski definition) is 7. The van der Waals surface area contributed by atoms with E-state index in [1.54, 1.807) is 4.90 Å². The standard InChI is InChI=1S/C16H19N3O5S/c20-13(19-8-6-16(23,7-9-19)15(21)22)5-1-4-12-17-14(18-24-12)11-3-2-10-25-11/h2-3,10,23H,1,4-9H2,(H,21,22). The number of amides is 1. The number of nitrogens with zero attached hydrogens (tertiary/aromatic N) is 3. The van der Waals surface area contributed by atoms with Gasteiger partial charge in [-0.15, -0.1) is 11.3 Å². The quantitative estimate of drug-likeness (QED) is 0.798. The maximum atomic E-state index is 12.2. The van der Waals surface area contributed by atoms with E-state index in [1.165, 1.54) is 11.3 Å². The van der Waals surface area contributed by atoms with Gasteiger partial charge >= 0.3 is 5.97 Å². The molecule has 0 bridgehead atoms. The largest absolute Gasteiger partial charge is 0.479 e. The van der Waals surface area contributed by atoms with Crippen molar-refractivity contribution in [3.8, 4) is 10.7 Å². The normalized spacial score (nSPS) is 16.8. The smallest absolute Gasteiger partial charge is 0.335 e. The second-order valence-electron chi connectivity index (χ2n) is 6.06. The number of likely N-dealkylation sites (tertiary alicyclic amines) is 1. The molecule has 2 N–H and O–H groups in total. The molecule has 0 unspecified atom stereocenters. The molecule has 1 saturated heterocycles. The van der Waals surface area contributed by atoms with Crippen LogP contribution in [0.15, 0.2) is 22.0 Å². The van der Waals surface area contributed by atoms with Crippen LogP contribution in [0.3, 0.4) is 0 Å². The lowest BCUT2D eigenvalue weighted by Crippen LogP contribution is -2.50. The van der Waals surface area contributed by atoms with Gasteiger partial charge in [0.25, 0.3) is 0 Å². The van der Waals surface area contributed by atoms with E-state index in [-0.39, 0.29) is 31.8 Å². The van der Waals surface area contributed by atoms with Crippen LogP contribution in [0.4, 0.5) is 0 Å². The summed E-state index contributed by atoms with van der Waals surface area (Å²) in [4.78, 5) is 30.0. The van der Waals surface area contributed by atoms with Gasteiger partial charge in [-0.05, 0) is 17.9 Å². The van der Waals surface area contributed by atoms with Gasteiger partial charge in [-0.2, -0.15) is 4.98 Å². The number of carboxylic acids is 1. The Hall–Kier alpha value is -2.26. The number of carboxylic acid groups (broad SMARTS) is 1. The Morgan fingerprint density at radius 2 is 2.12 bits per heavy atom. The summed E-state index contributed by atoms with van der Waals surface area (Å²) in [5.41, 5.74) is -1.71. The first-order chi connectivity index (χ1) is 12.0. The highest BCUT2D eigenvalue weighted by molar-refractivity contribution is 7.13. The van der Waals surface area contributed by atoms with Gasteiger partial charge in [0.1, 0.15) is 0 Å². The molecule has 8 nitrogen and oxygen atoms in total. The van der Waals surface area contributed by atoms with E-state index < -0.39 is 11.6 Å². The molecule has 0 atom stereocenters. The summed E-state index contributed by atoms with van der Waals surface area (Å²) in [6.45, 7) is 0.509. The topological polar surface area (TPSA) is 117 Å². The zero-order valence-electron chi connectivity index (χ0n) is 13.6. The second-order valence-corrected chi connectivity index (χ2v) is 7.01. The van der Waals surface area contributed by atoms with Crippen LogP contribution in [0.25, 0.3) is 10.7 Å². The van der Waals surface area contributed by atoms with E-state index in [4.69, 9.17) is 9.63 Å². The monoisotopic (exact) mass is 365 g/mol. The third-order valence-electron chi connectivity index (χ3n) is 4.33. The SMILES string of the molecule is O=C(CCCc1nc(-c2cccs2)no1)N1CCC(O)(C(=O)O)CC1. The molecule has 1 aliphatic rings. The Balaban J connectivity index is 1.44. The van der Waals surface area contributed by atoms with Crippen molar-refractivity contribution < 1.29 is 24.3 Å². The molecule has 25 heavy (non-hydrogen) atoms. The summed E-state index contributed by atoms with van der Waals surface area (Å²) in [6, 6.07) is 3.83. The van der Waals surface area contributed by atoms with Crippen LogP contribution in [-0.2, 0) is 16.0 Å². The Kier molecular flexibility index (Phi) is 5.14. The molecule has 9 heteroatoms. The van der Waals surface area contributed by atoms with Gasteiger partial charge in [-0.25, -0.2) is 4.79 Å². The Labute approximate surface area is 148 Å². The summed E-state index contributed by atoms with van der Waals surface area (Å²) < 4.78 is 5.19. The molecule has 0 spiro atoms. The maximum absolute atomic E-state index is 12.2. The molecule has 1 fully saturated rings. The van der Waals surface area contributed by atoms with E-state index >= 15 is 0 Å². The third kappa shape index (κ3) is 4.05. The number of aromatic nitrogens is 2. The van der Waals surface area contributed by atoms with E-state index in [9.17, 15) is 14.7 Å². The van der Waals surface area contributed by atoms with Gasteiger partial charge in [-0.1, -0.05) is 11.2 Å². The fourth-order valence-corrected chi connectivity index (χ4v) is 3.40. The number of aliphatic hydroxyl groups is 1. The Morgan fingerprint density at radius 3 is 2.76 bits per heavy atom. The number of carbonyl (C=O) groups excluding carboxylic acids is 1. The van der Waals surface area contributed by atoms with Gasteiger partial charge in [0.05, 0.1) is 4.88 Å². The van der Waals surface area contributed by atoms with E-state index in [1.807, 2.05) is 17.5 Å². The zero-order valence-corrected chi connectivity index (χ0v) is 14.4. The summed E-state index contributed by atoms with van der Waals surface area (Å²) in [7, 11) is 0. The number of hydrogen-bond donors (Lipinski definition) is 2. The average molecular weight is 365 g/mol. The lowest BCUT2D eigenvalue weighted by molar-refractivity contribution is -0.165. The van der Waals surface area contributed by atoms with E-state index in [2.05, 4.69) is 10.1 Å². The highest BCUT2D eigenvalue weighted by atomic mass is 32.1. The van der Waals surface area contributed by atoms with Crippen molar-refractivity contribution in [2.75, 3.05) is 13.1 Å². The van der Waals surface area contributed by atoms with Crippen molar-refractivity contribution in [3.05, 3.63) is 23.4 Å². The first-order valence-electron chi connectivity index (χ1n) is 8.08. The second kappa shape index (κ2) is 7.32. The molecule has 134 valence electrons. The van der Waals surface area contributed by atoms with Crippen molar-refractivity contribution in [1.29, 1.82) is 0 Å². The molecule has 0 aliphatic carbocycles. The fraction of sp³-hybridized carbons (Fsp3) is 0.500. The fourth-order valence-electron chi connectivity index (χ4n) is 2.75. The first-order valence-corrected chi connectivity index (χ1v) is 8.96. The Bertz CT molecular complexity index is 735. The molecule has 3 heterocycles. The predicted octanol–water partition coefficient (Wildman–Crippen LogP) is 1.56. The minimum Gasteiger partial charge on any atom is -0.479 e. The van der Waals surface area contributed by atoms with Gasteiger partial charge < -0.3 is 19.6 Å². The van der Waals surface area contributed by atoms with Crippen LogP contribution in [0, 0.1) is 0 Å². The number of thiophene rings is 1. The average Bonchev–Trinajstić information content (AvgIpc) is 3.26. The highest BCUT2D eigenvalue weighted by Crippen LogP contribution is 2.24. The van der Waals surface area contributed by atoms with Crippen LogP contribution >= 0.6 is 11.3 Å².